The highest BCUT2D eigenvalue weighted by Gasteiger charge is 2.28. The summed E-state index contributed by atoms with van der Waals surface area (Å²) in [6.07, 6.45) is 2.38. The van der Waals surface area contributed by atoms with Crippen LogP contribution in [0.5, 0.6) is 0 Å². The van der Waals surface area contributed by atoms with E-state index in [4.69, 9.17) is 11.6 Å². The Morgan fingerprint density at radius 3 is 3.00 bits per heavy atom. The van der Waals surface area contributed by atoms with Crippen molar-refractivity contribution in [1.29, 1.82) is 0 Å². The van der Waals surface area contributed by atoms with Gasteiger partial charge >= 0.3 is 0 Å². The number of nitrogens with one attached hydrogen (secondary N) is 1. The van der Waals surface area contributed by atoms with Crippen molar-refractivity contribution < 1.29 is 5.11 Å². The molecule has 6 heteroatoms. The normalized spacial score (nSPS) is 17.8. The summed E-state index contributed by atoms with van der Waals surface area (Å²) in [6.45, 7) is 2.13. The van der Waals surface area contributed by atoms with Crippen molar-refractivity contribution in [2.75, 3.05) is 11.9 Å². The molecule has 1 atom stereocenters. The summed E-state index contributed by atoms with van der Waals surface area (Å²) in [5.41, 5.74) is -0.222. The van der Waals surface area contributed by atoms with Gasteiger partial charge in [-0.05, 0) is 37.5 Å². The molecule has 0 radical (unpaired) electrons. The Kier molecular flexibility index (Phi) is 3.67. The molecular weight excluding hydrogens is 294 g/mol. The summed E-state index contributed by atoms with van der Waals surface area (Å²) in [4.78, 5) is 4.45. The smallest absolute Gasteiger partial charge is 0.202 e. The van der Waals surface area contributed by atoms with Crippen LogP contribution in [0.3, 0.4) is 0 Å². The maximum Gasteiger partial charge on any atom is 0.202 e. The Balaban J connectivity index is 1.66. The Labute approximate surface area is 127 Å². The van der Waals surface area contributed by atoms with Gasteiger partial charge in [-0.25, -0.2) is 4.98 Å². The van der Waals surface area contributed by atoms with E-state index in [1.807, 2.05) is 12.1 Å². The summed E-state index contributed by atoms with van der Waals surface area (Å²) in [5.74, 6) is 1.48. The van der Waals surface area contributed by atoms with E-state index in [0.29, 0.717) is 17.5 Å². The van der Waals surface area contributed by atoms with Gasteiger partial charge in [-0.15, -0.1) is 0 Å². The zero-order valence-electron chi connectivity index (χ0n) is 11.1. The van der Waals surface area contributed by atoms with Gasteiger partial charge in [0.1, 0.15) is 11.4 Å². The number of benzene rings is 1. The third kappa shape index (κ3) is 3.11. The summed E-state index contributed by atoms with van der Waals surface area (Å²) in [6, 6.07) is 7.27. The highest BCUT2D eigenvalue weighted by molar-refractivity contribution is 7.09. The monoisotopic (exact) mass is 309 g/mol. The second kappa shape index (κ2) is 5.31. The average Bonchev–Trinajstić information content (AvgIpc) is 3.16. The molecule has 1 aliphatic carbocycles. The number of aliphatic hydroxyl groups is 1. The van der Waals surface area contributed by atoms with Crippen molar-refractivity contribution in [2.24, 2.45) is 0 Å². The second-order valence-electron chi connectivity index (χ2n) is 5.37. The highest BCUT2D eigenvalue weighted by atomic mass is 35.5. The van der Waals surface area contributed by atoms with Crippen LogP contribution in [-0.2, 0) is 5.60 Å². The lowest BCUT2D eigenvalue weighted by atomic mass is 9.96. The molecule has 2 aromatic rings. The summed E-state index contributed by atoms with van der Waals surface area (Å²) in [7, 11) is 0. The number of hydrogen-bond acceptors (Lipinski definition) is 5. The van der Waals surface area contributed by atoms with Gasteiger partial charge in [0.25, 0.3) is 0 Å². The molecule has 106 valence electrons. The molecule has 0 bridgehead atoms. The van der Waals surface area contributed by atoms with E-state index in [1.54, 1.807) is 19.1 Å². The van der Waals surface area contributed by atoms with Crippen molar-refractivity contribution >= 4 is 28.3 Å². The third-order valence-electron chi connectivity index (χ3n) is 3.41. The third-order valence-corrected chi connectivity index (χ3v) is 4.34. The van der Waals surface area contributed by atoms with Crippen LogP contribution in [0, 0.1) is 0 Å². The van der Waals surface area contributed by atoms with Crippen molar-refractivity contribution in [3.8, 4) is 0 Å². The minimum atomic E-state index is -1.00. The molecular formula is C14H16ClN3OS. The largest absolute Gasteiger partial charge is 0.384 e. The molecule has 1 saturated carbocycles. The van der Waals surface area contributed by atoms with Crippen molar-refractivity contribution in [3.63, 3.8) is 0 Å². The van der Waals surface area contributed by atoms with Gasteiger partial charge in [0.15, 0.2) is 0 Å². The van der Waals surface area contributed by atoms with Crippen LogP contribution >= 0.6 is 23.1 Å². The first-order valence-electron chi connectivity index (χ1n) is 6.60. The van der Waals surface area contributed by atoms with E-state index in [0.717, 1.165) is 16.5 Å². The number of rotatable bonds is 5. The van der Waals surface area contributed by atoms with Crippen LogP contribution in [0.15, 0.2) is 24.3 Å². The van der Waals surface area contributed by atoms with Gasteiger partial charge in [-0.1, -0.05) is 23.7 Å². The molecule has 1 heterocycles. The SMILES string of the molecule is CC(O)(CNc1nc(C2CC2)ns1)c1cccc(Cl)c1. The summed E-state index contributed by atoms with van der Waals surface area (Å²) >= 11 is 7.31. The lowest BCUT2D eigenvalue weighted by Crippen LogP contribution is -2.30. The van der Waals surface area contributed by atoms with Gasteiger partial charge in [0, 0.05) is 29.0 Å². The summed E-state index contributed by atoms with van der Waals surface area (Å²) in [5, 5.41) is 15.1. The first-order valence-corrected chi connectivity index (χ1v) is 7.76. The fourth-order valence-corrected chi connectivity index (χ4v) is 2.82. The second-order valence-corrected chi connectivity index (χ2v) is 6.56. The molecule has 0 amide bonds. The van der Waals surface area contributed by atoms with Crippen molar-refractivity contribution in [2.45, 2.75) is 31.3 Å². The highest BCUT2D eigenvalue weighted by Crippen LogP contribution is 2.39. The van der Waals surface area contributed by atoms with Crippen LogP contribution in [0.1, 0.15) is 37.1 Å². The van der Waals surface area contributed by atoms with Crippen LogP contribution in [-0.4, -0.2) is 21.0 Å². The molecule has 0 spiro atoms. The number of nitrogens with zero attached hydrogens (tertiary/aromatic N) is 2. The molecule has 1 aliphatic rings. The van der Waals surface area contributed by atoms with Gasteiger partial charge in [-0.2, -0.15) is 4.37 Å². The fourth-order valence-electron chi connectivity index (χ4n) is 1.99. The number of hydrogen-bond donors (Lipinski definition) is 2. The number of anilines is 1. The predicted octanol–water partition coefficient (Wildman–Crippen LogP) is 3.39. The lowest BCUT2D eigenvalue weighted by molar-refractivity contribution is 0.0715. The molecule has 3 rings (SSSR count). The molecule has 1 aromatic heterocycles. The quantitative estimate of drug-likeness (QED) is 0.889. The van der Waals surface area contributed by atoms with E-state index in [2.05, 4.69) is 14.7 Å². The van der Waals surface area contributed by atoms with E-state index in [1.165, 1.54) is 24.4 Å². The molecule has 4 nitrogen and oxygen atoms in total. The minimum Gasteiger partial charge on any atom is -0.384 e. The molecule has 1 aromatic carbocycles. The molecule has 20 heavy (non-hydrogen) atoms. The van der Waals surface area contributed by atoms with E-state index in [9.17, 15) is 5.11 Å². The zero-order chi connectivity index (χ0) is 14.2. The first kappa shape index (κ1) is 13.8. The molecule has 0 aliphatic heterocycles. The van der Waals surface area contributed by atoms with Gasteiger partial charge in [-0.3, -0.25) is 0 Å². The topological polar surface area (TPSA) is 58.0 Å². The van der Waals surface area contributed by atoms with Crippen LogP contribution in [0.25, 0.3) is 0 Å². The van der Waals surface area contributed by atoms with Gasteiger partial charge in [0.2, 0.25) is 5.13 Å². The van der Waals surface area contributed by atoms with Crippen molar-refractivity contribution in [3.05, 3.63) is 40.7 Å². The zero-order valence-corrected chi connectivity index (χ0v) is 12.7. The Hall–Kier alpha value is -1.17. The van der Waals surface area contributed by atoms with Crippen LogP contribution in [0.4, 0.5) is 5.13 Å². The first-order chi connectivity index (χ1) is 9.54. The summed E-state index contributed by atoms with van der Waals surface area (Å²) < 4.78 is 4.33. The average molecular weight is 310 g/mol. The molecule has 2 N–H and O–H groups in total. The standard InChI is InChI=1S/C14H16ClN3OS/c1-14(19,10-3-2-4-11(15)7-10)8-16-13-17-12(18-20-13)9-5-6-9/h2-4,7,9,19H,5-6,8H2,1H3,(H,16,17,18). The Morgan fingerprint density at radius 2 is 2.30 bits per heavy atom. The van der Waals surface area contributed by atoms with Gasteiger partial charge < -0.3 is 10.4 Å². The van der Waals surface area contributed by atoms with E-state index in [-0.39, 0.29) is 0 Å². The number of aromatic nitrogens is 2. The molecule has 1 unspecified atom stereocenters. The lowest BCUT2D eigenvalue weighted by Gasteiger charge is -2.24. The maximum absolute atomic E-state index is 10.5. The van der Waals surface area contributed by atoms with E-state index < -0.39 is 5.60 Å². The molecule has 1 fully saturated rings. The number of halogens is 1. The Morgan fingerprint density at radius 1 is 1.50 bits per heavy atom. The van der Waals surface area contributed by atoms with Crippen molar-refractivity contribution in [1.82, 2.24) is 9.36 Å². The maximum atomic E-state index is 10.5. The van der Waals surface area contributed by atoms with Crippen LogP contribution in [0.2, 0.25) is 5.02 Å². The Bertz CT molecular complexity index is 610. The fraction of sp³-hybridized carbons (Fsp3) is 0.429. The van der Waals surface area contributed by atoms with Crippen LogP contribution < -0.4 is 5.32 Å². The van der Waals surface area contributed by atoms with Gasteiger partial charge in [0.05, 0.1) is 0 Å². The minimum absolute atomic E-state index is 0.368. The molecule has 0 saturated heterocycles. The van der Waals surface area contributed by atoms with E-state index >= 15 is 0 Å². The predicted molar refractivity (Wildman–Crippen MR) is 81.4 cm³/mol.